The number of benzene rings is 1. The number of nitrogens with one attached hydrogen (secondary N) is 1. The number of methoxy groups -OCH3 is 1. The SMILES string of the molecule is COc1ccc(S(=O)(=O)N(Cc2ccco2)Cc2cccs2)cc1NC(C)=O. The summed E-state index contributed by atoms with van der Waals surface area (Å²) in [6, 6.07) is 11.6. The molecule has 1 N–H and O–H groups in total. The Balaban J connectivity index is 1.99. The van der Waals surface area contributed by atoms with E-state index in [1.807, 2.05) is 17.5 Å². The number of sulfonamides is 1. The second kappa shape index (κ2) is 8.59. The molecule has 0 unspecified atom stereocenters. The fourth-order valence-corrected chi connectivity index (χ4v) is 4.87. The van der Waals surface area contributed by atoms with Crippen molar-refractivity contribution in [2.75, 3.05) is 12.4 Å². The summed E-state index contributed by atoms with van der Waals surface area (Å²) in [4.78, 5) is 12.4. The fraction of sp³-hybridized carbons (Fsp3) is 0.211. The fourth-order valence-electron chi connectivity index (χ4n) is 2.66. The molecule has 0 radical (unpaired) electrons. The molecule has 0 aliphatic carbocycles. The van der Waals surface area contributed by atoms with Gasteiger partial charge in [0.1, 0.15) is 11.5 Å². The van der Waals surface area contributed by atoms with Crippen LogP contribution in [0.5, 0.6) is 5.75 Å². The number of carbonyl (C=O) groups excluding carboxylic acids is 1. The molecule has 3 rings (SSSR count). The second-order valence-electron chi connectivity index (χ2n) is 5.98. The molecular formula is C19H20N2O5S2. The monoisotopic (exact) mass is 420 g/mol. The standard InChI is InChI=1S/C19H20N2O5S2/c1-14(22)20-18-11-17(7-8-19(18)25-2)28(23,24)21(12-15-5-3-9-26-15)13-16-6-4-10-27-16/h3-11H,12-13H2,1-2H3,(H,20,22). The van der Waals surface area contributed by atoms with Gasteiger partial charge >= 0.3 is 0 Å². The van der Waals surface area contributed by atoms with Crippen LogP contribution in [0.3, 0.4) is 0 Å². The lowest BCUT2D eigenvalue weighted by Gasteiger charge is -2.21. The molecule has 0 fully saturated rings. The van der Waals surface area contributed by atoms with E-state index < -0.39 is 10.0 Å². The van der Waals surface area contributed by atoms with E-state index in [0.29, 0.717) is 17.2 Å². The first-order valence-corrected chi connectivity index (χ1v) is 10.7. The number of hydrogen-bond donors (Lipinski definition) is 1. The Morgan fingerprint density at radius 3 is 2.64 bits per heavy atom. The summed E-state index contributed by atoms with van der Waals surface area (Å²) in [7, 11) is -2.41. The summed E-state index contributed by atoms with van der Waals surface area (Å²) in [5.41, 5.74) is 0.296. The third-order valence-corrected chi connectivity index (χ3v) is 6.59. The van der Waals surface area contributed by atoms with Crippen molar-refractivity contribution in [1.29, 1.82) is 0 Å². The van der Waals surface area contributed by atoms with E-state index in [2.05, 4.69) is 5.32 Å². The van der Waals surface area contributed by atoms with E-state index in [1.54, 1.807) is 12.1 Å². The van der Waals surface area contributed by atoms with Crippen LogP contribution in [0.1, 0.15) is 17.6 Å². The summed E-state index contributed by atoms with van der Waals surface area (Å²) in [6.45, 7) is 1.65. The van der Waals surface area contributed by atoms with Crippen molar-refractivity contribution < 1.29 is 22.4 Å². The lowest BCUT2D eigenvalue weighted by molar-refractivity contribution is -0.114. The van der Waals surface area contributed by atoms with Gasteiger partial charge in [0, 0.05) is 18.3 Å². The smallest absolute Gasteiger partial charge is 0.243 e. The molecule has 0 aliphatic rings. The maximum Gasteiger partial charge on any atom is 0.243 e. The molecule has 0 saturated carbocycles. The highest BCUT2D eigenvalue weighted by Crippen LogP contribution is 2.30. The van der Waals surface area contributed by atoms with Crippen LogP contribution < -0.4 is 10.1 Å². The highest BCUT2D eigenvalue weighted by Gasteiger charge is 2.27. The molecule has 0 bridgehead atoms. The van der Waals surface area contributed by atoms with E-state index >= 15 is 0 Å². The third-order valence-electron chi connectivity index (χ3n) is 3.94. The van der Waals surface area contributed by atoms with Crippen molar-refractivity contribution in [3.63, 3.8) is 0 Å². The van der Waals surface area contributed by atoms with Crippen LogP contribution in [-0.4, -0.2) is 25.7 Å². The number of ether oxygens (including phenoxy) is 1. The Morgan fingerprint density at radius 2 is 2.04 bits per heavy atom. The molecule has 0 spiro atoms. The van der Waals surface area contributed by atoms with Crippen LogP contribution in [0.2, 0.25) is 0 Å². The molecule has 2 aromatic heterocycles. The zero-order valence-electron chi connectivity index (χ0n) is 15.4. The molecule has 2 heterocycles. The van der Waals surface area contributed by atoms with E-state index in [0.717, 1.165) is 4.88 Å². The van der Waals surface area contributed by atoms with Crippen LogP contribution in [0.15, 0.2) is 63.4 Å². The average molecular weight is 421 g/mol. The first kappa shape index (κ1) is 20.1. The van der Waals surface area contributed by atoms with Gasteiger partial charge in [-0.15, -0.1) is 11.3 Å². The molecule has 9 heteroatoms. The molecule has 0 atom stereocenters. The predicted molar refractivity (Wildman–Crippen MR) is 107 cm³/mol. The van der Waals surface area contributed by atoms with E-state index in [4.69, 9.17) is 9.15 Å². The van der Waals surface area contributed by atoms with Crippen LogP contribution in [0.25, 0.3) is 0 Å². The average Bonchev–Trinajstić information content (AvgIpc) is 3.34. The van der Waals surface area contributed by atoms with Gasteiger partial charge in [0.2, 0.25) is 15.9 Å². The van der Waals surface area contributed by atoms with Crippen molar-refractivity contribution in [3.8, 4) is 5.75 Å². The molecule has 1 amide bonds. The number of carbonyl (C=O) groups is 1. The maximum atomic E-state index is 13.4. The first-order chi connectivity index (χ1) is 13.4. The van der Waals surface area contributed by atoms with Gasteiger partial charge in [-0.1, -0.05) is 6.07 Å². The maximum absolute atomic E-state index is 13.4. The third kappa shape index (κ3) is 4.61. The Bertz CT molecular complexity index is 992. The van der Waals surface area contributed by atoms with Crippen LogP contribution in [-0.2, 0) is 27.9 Å². The van der Waals surface area contributed by atoms with Gasteiger partial charge in [-0.05, 0) is 41.8 Å². The summed E-state index contributed by atoms with van der Waals surface area (Å²) in [5.74, 6) is 0.597. The van der Waals surface area contributed by atoms with Crippen LogP contribution in [0, 0.1) is 0 Å². The Labute approximate surface area is 167 Å². The molecule has 0 aliphatic heterocycles. The molecule has 7 nitrogen and oxygen atoms in total. The molecular weight excluding hydrogens is 400 g/mol. The highest BCUT2D eigenvalue weighted by molar-refractivity contribution is 7.89. The zero-order chi connectivity index (χ0) is 20.1. The van der Waals surface area contributed by atoms with Crippen molar-refractivity contribution in [1.82, 2.24) is 4.31 Å². The van der Waals surface area contributed by atoms with Gasteiger partial charge in [0.15, 0.2) is 0 Å². The van der Waals surface area contributed by atoms with Crippen LogP contribution in [0.4, 0.5) is 5.69 Å². The number of rotatable bonds is 8. The van der Waals surface area contributed by atoms with Gasteiger partial charge in [-0.25, -0.2) is 8.42 Å². The van der Waals surface area contributed by atoms with Gasteiger partial charge in [0.25, 0.3) is 0 Å². The lowest BCUT2D eigenvalue weighted by atomic mass is 10.3. The minimum atomic E-state index is -3.86. The Hall–Kier alpha value is -2.62. The Kier molecular flexibility index (Phi) is 6.18. The minimum absolute atomic E-state index is 0.0557. The zero-order valence-corrected chi connectivity index (χ0v) is 17.0. The highest BCUT2D eigenvalue weighted by atomic mass is 32.2. The van der Waals surface area contributed by atoms with Crippen molar-refractivity contribution in [3.05, 3.63) is 64.7 Å². The van der Waals surface area contributed by atoms with E-state index in [-0.39, 0.29) is 23.9 Å². The number of nitrogens with zero attached hydrogens (tertiary/aromatic N) is 1. The van der Waals surface area contributed by atoms with Gasteiger partial charge < -0.3 is 14.5 Å². The summed E-state index contributed by atoms with van der Waals surface area (Å²) in [6.07, 6.45) is 1.51. The van der Waals surface area contributed by atoms with Gasteiger partial charge in [-0.3, -0.25) is 4.79 Å². The summed E-state index contributed by atoms with van der Waals surface area (Å²) >= 11 is 1.48. The van der Waals surface area contributed by atoms with Crippen molar-refractivity contribution >= 4 is 33.0 Å². The summed E-state index contributed by atoms with van der Waals surface area (Å²) in [5, 5.41) is 4.50. The van der Waals surface area contributed by atoms with Crippen molar-refractivity contribution in [2.45, 2.75) is 24.9 Å². The van der Waals surface area contributed by atoms with Gasteiger partial charge in [-0.2, -0.15) is 4.31 Å². The van der Waals surface area contributed by atoms with Crippen LogP contribution >= 0.6 is 11.3 Å². The Morgan fingerprint density at radius 1 is 1.21 bits per heavy atom. The molecule has 0 saturated heterocycles. The molecule has 148 valence electrons. The number of anilines is 1. The largest absolute Gasteiger partial charge is 0.495 e. The normalized spacial score (nSPS) is 11.5. The van der Waals surface area contributed by atoms with E-state index in [9.17, 15) is 13.2 Å². The number of hydrogen-bond acceptors (Lipinski definition) is 6. The lowest BCUT2D eigenvalue weighted by Crippen LogP contribution is -2.30. The first-order valence-electron chi connectivity index (χ1n) is 8.40. The van der Waals surface area contributed by atoms with E-state index in [1.165, 1.54) is 54.1 Å². The molecule has 28 heavy (non-hydrogen) atoms. The predicted octanol–water partition coefficient (Wildman–Crippen LogP) is 3.70. The topological polar surface area (TPSA) is 88.8 Å². The number of thiophene rings is 1. The minimum Gasteiger partial charge on any atom is -0.495 e. The van der Waals surface area contributed by atoms with Gasteiger partial charge in [0.05, 0.1) is 30.5 Å². The summed E-state index contributed by atoms with van der Waals surface area (Å²) < 4.78 is 38.6. The number of amides is 1. The number of furan rings is 1. The molecule has 1 aromatic carbocycles. The molecule has 3 aromatic rings. The second-order valence-corrected chi connectivity index (χ2v) is 8.95. The quantitative estimate of drug-likeness (QED) is 0.600. The van der Waals surface area contributed by atoms with Crippen molar-refractivity contribution in [2.24, 2.45) is 0 Å².